The van der Waals surface area contributed by atoms with Crippen LogP contribution in [0.5, 0.6) is 0 Å². The molecular weight excluding hydrogens is 282 g/mol. The number of hydrogen-bond donors (Lipinski definition) is 0. The number of benzene rings is 1. The van der Waals surface area contributed by atoms with E-state index in [-0.39, 0.29) is 11.7 Å². The topological polar surface area (TPSA) is 72.4 Å². The summed E-state index contributed by atoms with van der Waals surface area (Å²) in [6.07, 6.45) is 1.26. The fraction of sp³-hybridized carbons (Fsp3) is 0.188. The van der Waals surface area contributed by atoms with Crippen molar-refractivity contribution in [1.29, 1.82) is 0 Å². The van der Waals surface area contributed by atoms with Crippen LogP contribution in [0, 0.1) is 10.1 Å². The molecule has 112 valence electrons. The summed E-state index contributed by atoms with van der Waals surface area (Å²) < 4.78 is 5.86. The number of hydrogen-bond acceptors (Lipinski definition) is 5. The van der Waals surface area contributed by atoms with E-state index in [1.807, 2.05) is 49.2 Å². The van der Waals surface area contributed by atoms with Gasteiger partial charge in [0.25, 0.3) is 5.69 Å². The van der Waals surface area contributed by atoms with Crippen LogP contribution in [0.15, 0.2) is 53.1 Å². The van der Waals surface area contributed by atoms with Crippen LogP contribution >= 0.6 is 0 Å². The molecule has 0 N–H and O–H groups in total. The second-order valence-electron chi connectivity index (χ2n) is 5.11. The molecule has 0 aliphatic rings. The molecule has 3 rings (SSSR count). The van der Waals surface area contributed by atoms with Gasteiger partial charge in [-0.25, -0.2) is 4.98 Å². The summed E-state index contributed by atoms with van der Waals surface area (Å²) in [5.41, 5.74) is 0.822. The molecule has 1 aromatic carbocycles. The van der Waals surface area contributed by atoms with Crippen LogP contribution < -0.4 is 4.90 Å². The number of anilines is 1. The number of pyridine rings is 1. The maximum atomic E-state index is 10.7. The van der Waals surface area contributed by atoms with Gasteiger partial charge >= 0.3 is 0 Å². The van der Waals surface area contributed by atoms with Crippen LogP contribution in [-0.2, 0) is 0 Å². The SMILES string of the molecule is C[C@@H](c1cc2ccccc2o1)N(C)c1ccc([N+](=O)[O-])cn1. The first-order valence-electron chi connectivity index (χ1n) is 6.88. The fourth-order valence-electron chi connectivity index (χ4n) is 2.29. The van der Waals surface area contributed by atoms with Gasteiger partial charge in [0.2, 0.25) is 0 Å². The van der Waals surface area contributed by atoms with Gasteiger partial charge in [0.05, 0.1) is 11.0 Å². The lowest BCUT2D eigenvalue weighted by Gasteiger charge is -2.24. The Morgan fingerprint density at radius 1 is 1.27 bits per heavy atom. The molecule has 0 amide bonds. The lowest BCUT2D eigenvalue weighted by molar-refractivity contribution is -0.385. The minimum absolute atomic E-state index is 0.0199. The van der Waals surface area contributed by atoms with E-state index in [2.05, 4.69) is 4.98 Å². The molecule has 0 saturated heterocycles. The standard InChI is InChI=1S/C16H15N3O3/c1-11(15-9-12-5-3-4-6-14(12)22-15)18(2)16-8-7-13(10-17-16)19(20)21/h3-11H,1-2H3/t11-/m0/s1. The van der Waals surface area contributed by atoms with Crippen molar-refractivity contribution in [1.82, 2.24) is 4.98 Å². The minimum atomic E-state index is -0.459. The van der Waals surface area contributed by atoms with E-state index in [0.29, 0.717) is 5.82 Å². The molecule has 0 saturated carbocycles. The Balaban J connectivity index is 1.86. The number of rotatable bonds is 4. The van der Waals surface area contributed by atoms with Crippen LogP contribution in [0.25, 0.3) is 11.0 Å². The number of aromatic nitrogens is 1. The monoisotopic (exact) mass is 297 g/mol. The Bertz CT molecular complexity index is 778. The molecule has 6 heteroatoms. The average Bonchev–Trinajstić information content (AvgIpc) is 2.97. The normalized spacial score (nSPS) is 12.3. The first-order valence-corrected chi connectivity index (χ1v) is 6.88. The van der Waals surface area contributed by atoms with Crippen LogP contribution in [0.4, 0.5) is 11.5 Å². The quantitative estimate of drug-likeness (QED) is 0.539. The van der Waals surface area contributed by atoms with Gasteiger partial charge in [-0.1, -0.05) is 18.2 Å². The number of fused-ring (bicyclic) bond motifs is 1. The third kappa shape index (κ3) is 2.50. The zero-order valence-electron chi connectivity index (χ0n) is 12.3. The molecule has 0 spiro atoms. The highest BCUT2D eigenvalue weighted by Crippen LogP contribution is 2.29. The van der Waals surface area contributed by atoms with Gasteiger partial charge in [0.15, 0.2) is 0 Å². The molecule has 0 radical (unpaired) electrons. The molecule has 0 fully saturated rings. The third-order valence-electron chi connectivity index (χ3n) is 3.74. The number of furan rings is 1. The number of nitrogens with zero attached hydrogens (tertiary/aromatic N) is 3. The Kier molecular flexibility index (Phi) is 3.50. The molecule has 0 unspecified atom stereocenters. The Morgan fingerprint density at radius 2 is 2.05 bits per heavy atom. The summed E-state index contributed by atoms with van der Waals surface area (Å²) in [4.78, 5) is 16.3. The maximum absolute atomic E-state index is 10.7. The van der Waals surface area contributed by atoms with Gasteiger partial charge < -0.3 is 9.32 Å². The van der Waals surface area contributed by atoms with Crippen LogP contribution in [0.1, 0.15) is 18.7 Å². The number of nitro groups is 1. The van der Waals surface area contributed by atoms with Crippen LogP contribution in [0.2, 0.25) is 0 Å². The van der Waals surface area contributed by atoms with E-state index < -0.39 is 4.92 Å². The van der Waals surface area contributed by atoms with E-state index in [4.69, 9.17) is 4.42 Å². The molecule has 0 bridgehead atoms. The van der Waals surface area contributed by atoms with Crippen molar-refractivity contribution in [2.24, 2.45) is 0 Å². The Labute approximate surface area is 127 Å². The molecule has 22 heavy (non-hydrogen) atoms. The molecule has 3 aromatic rings. The average molecular weight is 297 g/mol. The van der Waals surface area contributed by atoms with E-state index >= 15 is 0 Å². The van der Waals surface area contributed by atoms with Crippen molar-refractivity contribution in [2.45, 2.75) is 13.0 Å². The van der Waals surface area contributed by atoms with Gasteiger partial charge in [-0.05, 0) is 25.1 Å². The predicted molar refractivity (Wildman–Crippen MR) is 83.9 cm³/mol. The lowest BCUT2D eigenvalue weighted by Crippen LogP contribution is -2.22. The molecule has 0 aliphatic carbocycles. The zero-order valence-corrected chi connectivity index (χ0v) is 12.3. The van der Waals surface area contributed by atoms with Crippen molar-refractivity contribution in [3.05, 3.63) is 64.5 Å². The van der Waals surface area contributed by atoms with E-state index in [0.717, 1.165) is 16.7 Å². The summed E-state index contributed by atoms with van der Waals surface area (Å²) in [6.45, 7) is 2.00. The largest absolute Gasteiger partial charge is 0.459 e. The highest BCUT2D eigenvalue weighted by atomic mass is 16.6. The first kappa shape index (κ1) is 14.1. The van der Waals surface area contributed by atoms with Crippen molar-refractivity contribution < 1.29 is 9.34 Å². The van der Waals surface area contributed by atoms with Crippen molar-refractivity contribution in [3.63, 3.8) is 0 Å². The summed E-state index contributed by atoms with van der Waals surface area (Å²) in [6, 6.07) is 12.9. The molecule has 2 aromatic heterocycles. The van der Waals surface area contributed by atoms with Crippen LogP contribution in [-0.4, -0.2) is 17.0 Å². The Morgan fingerprint density at radius 3 is 2.68 bits per heavy atom. The molecule has 1 atom stereocenters. The second kappa shape index (κ2) is 5.48. The maximum Gasteiger partial charge on any atom is 0.287 e. The second-order valence-corrected chi connectivity index (χ2v) is 5.11. The van der Waals surface area contributed by atoms with Crippen molar-refractivity contribution in [3.8, 4) is 0 Å². The van der Waals surface area contributed by atoms with Gasteiger partial charge in [-0.15, -0.1) is 0 Å². The molecule has 2 heterocycles. The van der Waals surface area contributed by atoms with Gasteiger partial charge in [0.1, 0.15) is 23.4 Å². The third-order valence-corrected chi connectivity index (χ3v) is 3.74. The first-order chi connectivity index (χ1) is 10.6. The van der Waals surface area contributed by atoms with Crippen LogP contribution in [0.3, 0.4) is 0 Å². The Hall–Kier alpha value is -2.89. The zero-order chi connectivity index (χ0) is 15.7. The fourth-order valence-corrected chi connectivity index (χ4v) is 2.29. The minimum Gasteiger partial charge on any atom is -0.459 e. The van der Waals surface area contributed by atoms with Gasteiger partial charge in [0, 0.05) is 18.5 Å². The van der Waals surface area contributed by atoms with E-state index in [9.17, 15) is 10.1 Å². The smallest absolute Gasteiger partial charge is 0.287 e. The van der Waals surface area contributed by atoms with Gasteiger partial charge in [-0.2, -0.15) is 0 Å². The van der Waals surface area contributed by atoms with Gasteiger partial charge in [-0.3, -0.25) is 10.1 Å². The predicted octanol–water partition coefficient (Wildman–Crippen LogP) is 3.93. The summed E-state index contributed by atoms with van der Waals surface area (Å²) in [5, 5.41) is 11.7. The van der Waals surface area contributed by atoms with Crippen molar-refractivity contribution in [2.75, 3.05) is 11.9 Å². The van der Waals surface area contributed by atoms with Crippen molar-refractivity contribution >= 4 is 22.5 Å². The summed E-state index contributed by atoms with van der Waals surface area (Å²) in [5.74, 6) is 1.47. The van der Waals surface area contributed by atoms with E-state index in [1.165, 1.54) is 12.3 Å². The lowest BCUT2D eigenvalue weighted by atomic mass is 10.2. The van der Waals surface area contributed by atoms with E-state index in [1.54, 1.807) is 6.07 Å². The number of para-hydroxylation sites is 1. The highest BCUT2D eigenvalue weighted by Gasteiger charge is 2.18. The highest BCUT2D eigenvalue weighted by molar-refractivity contribution is 5.77. The molecular formula is C16H15N3O3. The summed E-state index contributed by atoms with van der Waals surface area (Å²) >= 11 is 0. The molecule has 0 aliphatic heterocycles. The summed E-state index contributed by atoms with van der Waals surface area (Å²) in [7, 11) is 1.88. The molecule has 6 nitrogen and oxygen atoms in total.